The van der Waals surface area contributed by atoms with Crippen LogP contribution in [-0.2, 0) is 11.2 Å². The summed E-state index contributed by atoms with van der Waals surface area (Å²) in [5, 5.41) is 23.9. The number of amides is 3. The largest absolute Gasteiger partial charge is 0.383 e. The monoisotopic (exact) mass is 398 g/mol. The van der Waals surface area contributed by atoms with Crippen molar-refractivity contribution in [1.82, 2.24) is 15.2 Å². The molecule has 1 aromatic rings. The van der Waals surface area contributed by atoms with Gasteiger partial charge in [0.05, 0.1) is 0 Å². The molecular weight excluding hydrogens is 364 g/mol. The zero-order chi connectivity index (χ0) is 21.6. The fraction of sp³-hybridized carbons (Fsp3) is 0.789. The van der Waals surface area contributed by atoms with Gasteiger partial charge in [0.25, 0.3) is 11.9 Å². The second kappa shape index (κ2) is 9.97. The molecule has 9 heteroatoms. The lowest BCUT2D eigenvalue weighted by molar-refractivity contribution is -0.162. The molecule has 0 unspecified atom stereocenters. The maximum Gasteiger partial charge on any atom is 0.358 e. The fourth-order valence-electron chi connectivity index (χ4n) is 2.45. The number of aliphatic hydroxyl groups is 1. The first-order valence-corrected chi connectivity index (χ1v) is 9.66. The summed E-state index contributed by atoms with van der Waals surface area (Å²) < 4.78 is 5.18. The van der Waals surface area contributed by atoms with Crippen LogP contribution in [0, 0.1) is 17.3 Å². The van der Waals surface area contributed by atoms with Crippen LogP contribution in [0.1, 0.15) is 67.2 Å². The van der Waals surface area contributed by atoms with Crippen molar-refractivity contribution in [3.63, 3.8) is 0 Å². The van der Waals surface area contributed by atoms with E-state index in [0.717, 1.165) is 4.90 Å². The lowest BCUT2D eigenvalue weighted by Gasteiger charge is -2.29. The molecule has 1 rings (SSSR count). The smallest absolute Gasteiger partial charge is 0.358 e. The van der Waals surface area contributed by atoms with Crippen LogP contribution < -0.4 is 4.90 Å². The van der Waals surface area contributed by atoms with Crippen molar-refractivity contribution in [3.05, 3.63) is 5.89 Å². The molecule has 0 aliphatic heterocycles. The third-order valence-corrected chi connectivity index (χ3v) is 3.84. The number of imide groups is 1. The first-order valence-electron chi connectivity index (χ1n) is 9.66. The summed E-state index contributed by atoms with van der Waals surface area (Å²) in [5.74, 6) is -0.174. The first kappa shape index (κ1) is 24.0. The maximum atomic E-state index is 12.8. The van der Waals surface area contributed by atoms with E-state index in [0.29, 0.717) is 18.7 Å². The summed E-state index contributed by atoms with van der Waals surface area (Å²) in [6, 6.07) is -1.03. The summed E-state index contributed by atoms with van der Waals surface area (Å²) in [7, 11) is 0. The second-order valence-corrected chi connectivity index (χ2v) is 9.15. The van der Waals surface area contributed by atoms with Gasteiger partial charge in [0.15, 0.2) is 0 Å². The van der Waals surface area contributed by atoms with E-state index in [-0.39, 0.29) is 41.2 Å². The molecule has 1 atom stereocenters. The van der Waals surface area contributed by atoms with Crippen molar-refractivity contribution in [2.75, 3.05) is 11.4 Å². The van der Waals surface area contributed by atoms with Crippen molar-refractivity contribution in [3.8, 4) is 0 Å². The third kappa shape index (κ3) is 7.55. The molecule has 28 heavy (non-hydrogen) atoms. The van der Waals surface area contributed by atoms with Gasteiger partial charge in [-0.05, 0) is 35.2 Å². The van der Waals surface area contributed by atoms with Gasteiger partial charge in [0.2, 0.25) is 5.89 Å². The Labute approximate surface area is 166 Å². The van der Waals surface area contributed by atoms with Crippen molar-refractivity contribution >= 4 is 17.9 Å². The van der Waals surface area contributed by atoms with Gasteiger partial charge in [-0.2, -0.15) is 4.98 Å². The topological polar surface area (TPSA) is 120 Å². The van der Waals surface area contributed by atoms with Gasteiger partial charge in [0.1, 0.15) is 6.10 Å². The van der Waals surface area contributed by atoms with E-state index in [1.807, 2.05) is 48.5 Å². The predicted octanol–water partition coefficient (Wildman–Crippen LogP) is 3.26. The molecule has 3 amide bonds. The van der Waals surface area contributed by atoms with Gasteiger partial charge in [0, 0.05) is 13.0 Å². The van der Waals surface area contributed by atoms with Crippen molar-refractivity contribution in [2.24, 2.45) is 17.3 Å². The van der Waals surface area contributed by atoms with Gasteiger partial charge in [-0.15, -0.1) is 5.06 Å². The standard InChI is InChI=1S/C19H34N4O5/c1-12(2)8-9-14(24)16(25)23(27)18(26)22(11-19(5,6)7)17-20-15(28-21-17)10-13(3)4/h12-14,24,27H,8-11H2,1-7H3/t14-/m0/s1. The molecule has 2 N–H and O–H groups in total. The molecule has 0 spiro atoms. The van der Waals surface area contributed by atoms with Crippen LogP contribution >= 0.6 is 0 Å². The summed E-state index contributed by atoms with van der Waals surface area (Å²) in [6.45, 7) is 13.7. The van der Waals surface area contributed by atoms with Crippen LogP contribution in [0.5, 0.6) is 0 Å². The average molecular weight is 399 g/mol. The number of nitrogens with zero attached hydrogens (tertiary/aromatic N) is 4. The Bertz CT molecular complexity index is 651. The van der Waals surface area contributed by atoms with Crippen molar-refractivity contribution < 1.29 is 24.4 Å². The number of carbonyl (C=O) groups excluding carboxylic acids is 2. The Morgan fingerprint density at radius 3 is 2.21 bits per heavy atom. The molecule has 0 aliphatic rings. The number of aromatic nitrogens is 2. The normalized spacial score (nSPS) is 13.1. The van der Waals surface area contributed by atoms with Crippen LogP contribution in [0.4, 0.5) is 10.7 Å². The Balaban J connectivity index is 3.01. The molecule has 0 bridgehead atoms. The summed E-state index contributed by atoms with van der Waals surface area (Å²) in [6.07, 6.45) is -0.180. The van der Waals surface area contributed by atoms with Gasteiger partial charge in [-0.25, -0.2) is 4.79 Å². The molecule has 0 saturated heterocycles. The van der Waals surface area contributed by atoms with Crippen molar-refractivity contribution in [1.29, 1.82) is 0 Å². The minimum atomic E-state index is -1.46. The quantitative estimate of drug-likeness (QED) is 0.509. The minimum Gasteiger partial charge on any atom is -0.383 e. The van der Waals surface area contributed by atoms with Gasteiger partial charge < -0.3 is 9.63 Å². The molecule has 160 valence electrons. The maximum absolute atomic E-state index is 12.8. The highest BCUT2D eigenvalue weighted by atomic mass is 16.5. The number of hydroxylamine groups is 2. The van der Waals surface area contributed by atoms with Crippen LogP contribution in [0.3, 0.4) is 0 Å². The summed E-state index contributed by atoms with van der Waals surface area (Å²) in [4.78, 5) is 30.3. The third-order valence-electron chi connectivity index (χ3n) is 3.84. The number of urea groups is 1. The van der Waals surface area contributed by atoms with E-state index in [9.17, 15) is 19.9 Å². The minimum absolute atomic E-state index is 0.0286. The van der Waals surface area contributed by atoms with E-state index >= 15 is 0 Å². The van der Waals surface area contributed by atoms with E-state index in [4.69, 9.17) is 4.52 Å². The van der Waals surface area contributed by atoms with E-state index in [1.54, 1.807) is 0 Å². The van der Waals surface area contributed by atoms with Gasteiger partial charge in [-0.3, -0.25) is 14.9 Å². The SMILES string of the molecule is CC(C)CC[C@H](O)C(=O)N(O)C(=O)N(CC(C)(C)C)c1noc(CC(C)C)n1. The fourth-order valence-corrected chi connectivity index (χ4v) is 2.45. The first-order chi connectivity index (χ1) is 12.8. The molecule has 1 aromatic heterocycles. The van der Waals surface area contributed by atoms with Gasteiger partial charge in [-0.1, -0.05) is 48.5 Å². The summed E-state index contributed by atoms with van der Waals surface area (Å²) >= 11 is 0. The molecule has 0 aliphatic carbocycles. The Morgan fingerprint density at radius 2 is 1.71 bits per heavy atom. The van der Waals surface area contributed by atoms with Crippen LogP contribution in [0.15, 0.2) is 4.52 Å². The highest BCUT2D eigenvalue weighted by molar-refractivity contribution is 6.01. The lowest BCUT2D eigenvalue weighted by Crippen LogP contribution is -2.50. The predicted molar refractivity (Wildman–Crippen MR) is 104 cm³/mol. The molecular formula is C19H34N4O5. The van der Waals surface area contributed by atoms with E-state index in [2.05, 4.69) is 10.1 Å². The molecule has 0 aromatic carbocycles. The zero-order valence-electron chi connectivity index (χ0n) is 18.0. The van der Waals surface area contributed by atoms with E-state index < -0.39 is 18.0 Å². The van der Waals surface area contributed by atoms with Crippen LogP contribution in [0.25, 0.3) is 0 Å². The number of hydrogen-bond acceptors (Lipinski definition) is 7. The van der Waals surface area contributed by atoms with Crippen molar-refractivity contribution in [2.45, 2.75) is 73.8 Å². The zero-order valence-corrected chi connectivity index (χ0v) is 18.0. The molecule has 9 nitrogen and oxygen atoms in total. The summed E-state index contributed by atoms with van der Waals surface area (Å²) in [5.41, 5.74) is -0.366. The number of carbonyl (C=O) groups is 2. The Morgan fingerprint density at radius 1 is 1.11 bits per heavy atom. The van der Waals surface area contributed by atoms with Crippen LogP contribution in [0.2, 0.25) is 0 Å². The number of anilines is 1. The number of rotatable bonds is 8. The molecule has 0 fully saturated rings. The molecule has 0 saturated carbocycles. The molecule has 1 heterocycles. The second-order valence-electron chi connectivity index (χ2n) is 9.15. The van der Waals surface area contributed by atoms with Gasteiger partial charge >= 0.3 is 6.03 Å². The highest BCUT2D eigenvalue weighted by Gasteiger charge is 2.34. The Hall–Kier alpha value is -2.00. The number of hydrogen-bond donors (Lipinski definition) is 2. The lowest BCUT2D eigenvalue weighted by atomic mass is 9.96. The van der Waals surface area contributed by atoms with E-state index in [1.165, 1.54) is 0 Å². The molecule has 0 radical (unpaired) electrons. The average Bonchev–Trinajstić information content (AvgIpc) is 3.02. The highest BCUT2D eigenvalue weighted by Crippen LogP contribution is 2.22. The number of aliphatic hydroxyl groups excluding tert-OH is 1. The van der Waals surface area contributed by atoms with Crippen LogP contribution in [-0.4, -0.2) is 50.1 Å². The Kier molecular flexibility index (Phi) is 8.56.